The zero-order valence-electron chi connectivity index (χ0n) is 31.5. The smallest absolute Gasteiger partial charge is 0.0540 e. The maximum Gasteiger partial charge on any atom is 0.0540 e. The van der Waals surface area contributed by atoms with Crippen molar-refractivity contribution < 1.29 is 0 Å². The van der Waals surface area contributed by atoms with Crippen molar-refractivity contribution >= 4 is 60.2 Å². The highest BCUT2D eigenvalue weighted by Crippen LogP contribution is 2.52. The fourth-order valence-corrected chi connectivity index (χ4v) is 9.50. The Hall–Kier alpha value is -6.96. The molecule has 0 unspecified atom stereocenters. The minimum atomic E-state index is -0.122. The van der Waals surface area contributed by atoms with Gasteiger partial charge >= 0.3 is 0 Å². The molecular weight excluding hydrogens is 675 g/mol. The molecule has 1 aliphatic rings. The second-order valence-corrected chi connectivity index (χ2v) is 15.7. The van der Waals surface area contributed by atoms with E-state index < -0.39 is 0 Å². The van der Waals surface area contributed by atoms with E-state index in [2.05, 4.69) is 219 Å². The van der Waals surface area contributed by atoms with Crippen molar-refractivity contribution in [3.05, 3.63) is 211 Å². The van der Waals surface area contributed by atoms with Crippen LogP contribution in [-0.4, -0.2) is 0 Å². The van der Waals surface area contributed by atoms with Crippen LogP contribution in [0.4, 0.5) is 17.1 Å². The van der Waals surface area contributed by atoms with Gasteiger partial charge in [0.05, 0.1) is 5.69 Å². The summed E-state index contributed by atoms with van der Waals surface area (Å²) in [6.45, 7) is 4.73. The third kappa shape index (κ3) is 4.94. The van der Waals surface area contributed by atoms with Gasteiger partial charge in [0.25, 0.3) is 0 Å². The first kappa shape index (κ1) is 32.5. The van der Waals surface area contributed by atoms with Gasteiger partial charge in [-0.25, -0.2) is 0 Å². The van der Waals surface area contributed by atoms with Gasteiger partial charge in [0.1, 0.15) is 0 Å². The summed E-state index contributed by atoms with van der Waals surface area (Å²) in [5.41, 5.74) is 13.5. The number of hydrogen-bond donors (Lipinski definition) is 0. The molecule has 10 aromatic rings. The Kier molecular flexibility index (Phi) is 7.28. The van der Waals surface area contributed by atoms with Crippen LogP contribution in [0.15, 0.2) is 200 Å². The normalized spacial score (nSPS) is 13.0. The third-order valence-corrected chi connectivity index (χ3v) is 12.2. The summed E-state index contributed by atoms with van der Waals surface area (Å²) < 4.78 is 0. The van der Waals surface area contributed by atoms with Gasteiger partial charge in [-0.2, -0.15) is 0 Å². The largest absolute Gasteiger partial charge is 0.310 e. The van der Waals surface area contributed by atoms with E-state index in [-0.39, 0.29) is 5.41 Å². The van der Waals surface area contributed by atoms with Gasteiger partial charge in [0.2, 0.25) is 0 Å². The molecule has 0 saturated carbocycles. The second-order valence-electron chi connectivity index (χ2n) is 15.7. The quantitative estimate of drug-likeness (QED) is 0.161. The first-order valence-corrected chi connectivity index (χ1v) is 19.6. The molecule has 1 nitrogen and oxygen atoms in total. The minimum absolute atomic E-state index is 0.122. The molecule has 0 bridgehead atoms. The molecule has 56 heavy (non-hydrogen) atoms. The monoisotopic (exact) mass is 713 g/mol. The molecular formula is C55H39N. The van der Waals surface area contributed by atoms with Gasteiger partial charge in [0.15, 0.2) is 0 Å². The van der Waals surface area contributed by atoms with E-state index in [0.717, 1.165) is 17.1 Å². The predicted molar refractivity (Wildman–Crippen MR) is 240 cm³/mol. The Bertz CT molecular complexity index is 3150. The van der Waals surface area contributed by atoms with Crippen LogP contribution in [0.1, 0.15) is 25.0 Å². The highest BCUT2D eigenvalue weighted by molar-refractivity contribution is 6.30. The number of para-hydroxylation sites is 1. The van der Waals surface area contributed by atoms with Crippen molar-refractivity contribution in [3.63, 3.8) is 0 Å². The SMILES string of the molecule is CC1(C)c2ccccc2-c2ccc(N(c3ccc(-c4ccccc4)cc3)c3ccccc3-c3cc4ccccc4c4c3ccc3ccc5ccccc5c34)cc21. The number of hydrogen-bond acceptors (Lipinski definition) is 1. The first-order valence-electron chi connectivity index (χ1n) is 19.6. The minimum Gasteiger partial charge on any atom is -0.310 e. The van der Waals surface area contributed by atoms with Gasteiger partial charge < -0.3 is 4.90 Å². The summed E-state index contributed by atoms with van der Waals surface area (Å²) in [4.78, 5) is 2.47. The molecule has 0 aromatic heterocycles. The Balaban J connectivity index is 1.18. The Morgan fingerprint density at radius 1 is 0.339 bits per heavy atom. The van der Waals surface area contributed by atoms with Crippen molar-refractivity contribution in [1.29, 1.82) is 0 Å². The highest BCUT2D eigenvalue weighted by Gasteiger charge is 2.36. The molecule has 11 rings (SSSR count). The lowest BCUT2D eigenvalue weighted by Gasteiger charge is -2.30. The van der Waals surface area contributed by atoms with Crippen molar-refractivity contribution in [2.75, 3.05) is 4.90 Å². The molecule has 10 aromatic carbocycles. The molecule has 0 N–H and O–H groups in total. The van der Waals surface area contributed by atoms with Crippen LogP contribution >= 0.6 is 0 Å². The summed E-state index contributed by atoms with van der Waals surface area (Å²) in [7, 11) is 0. The Labute approximate surface area is 327 Å². The summed E-state index contributed by atoms with van der Waals surface area (Å²) in [6.07, 6.45) is 0. The number of nitrogens with zero attached hydrogens (tertiary/aromatic N) is 1. The summed E-state index contributed by atoms with van der Waals surface area (Å²) in [5.74, 6) is 0. The van der Waals surface area contributed by atoms with E-state index >= 15 is 0 Å². The average molecular weight is 714 g/mol. The fourth-order valence-electron chi connectivity index (χ4n) is 9.50. The number of fused-ring (bicyclic) bond motifs is 10. The second kappa shape index (κ2) is 12.5. The standard InChI is InChI=1S/C55H39N/c1-55(2)50-22-12-10-20-45(50)46-33-31-42(35-51(46)55)56(41-29-26-37(27-30-41)36-14-4-3-5-15-36)52-23-13-11-21-47(52)49-34-40-17-7-9-19-44(40)54-48(49)32-28-39-25-24-38-16-6-8-18-43(38)53(39)54/h3-35H,1-2H3. The van der Waals surface area contributed by atoms with E-state index in [1.54, 1.807) is 0 Å². The third-order valence-electron chi connectivity index (χ3n) is 12.2. The number of benzene rings is 10. The lowest BCUT2D eigenvalue weighted by atomic mass is 9.82. The van der Waals surface area contributed by atoms with E-state index in [0.29, 0.717) is 0 Å². The molecule has 0 atom stereocenters. The molecule has 0 spiro atoms. The molecule has 0 saturated heterocycles. The molecule has 0 aliphatic heterocycles. The molecule has 1 heteroatoms. The molecule has 0 radical (unpaired) electrons. The lowest BCUT2D eigenvalue weighted by molar-refractivity contribution is 0.660. The van der Waals surface area contributed by atoms with Gasteiger partial charge in [-0.1, -0.05) is 178 Å². The van der Waals surface area contributed by atoms with E-state index in [1.807, 2.05) is 0 Å². The highest BCUT2D eigenvalue weighted by atomic mass is 15.1. The molecule has 264 valence electrons. The summed E-state index contributed by atoms with van der Waals surface area (Å²) >= 11 is 0. The van der Waals surface area contributed by atoms with Gasteiger partial charge in [-0.05, 0) is 118 Å². The number of rotatable bonds is 5. The van der Waals surface area contributed by atoms with E-state index in [9.17, 15) is 0 Å². The fraction of sp³-hybridized carbons (Fsp3) is 0.0545. The van der Waals surface area contributed by atoms with Crippen LogP contribution in [0.3, 0.4) is 0 Å². The lowest BCUT2D eigenvalue weighted by Crippen LogP contribution is -2.16. The van der Waals surface area contributed by atoms with Crippen molar-refractivity contribution in [2.24, 2.45) is 0 Å². The van der Waals surface area contributed by atoms with Gasteiger partial charge in [-0.15, -0.1) is 0 Å². The molecule has 0 fully saturated rings. The summed E-state index contributed by atoms with van der Waals surface area (Å²) in [5, 5.41) is 10.2. The maximum absolute atomic E-state index is 2.47. The average Bonchev–Trinajstić information content (AvgIpc) is 3.49. The van der Waals surface area contributed by atoms with E-state index in [4.69, 9.17) is 0 Å². The van der Waals surface area contributed by atoms with Crippen LogP contribution < -0.4 is 4.90 Å². The van der Waals surface area contributed by atoms with E-state index in [1.165, 1.54) is 87.6 Å². The van der Waals surface area contributed by atoms with Crippen LogP contribution in [-0.2, 0) is 5.41 Å². The topological polar surface area (TPSA) is 3.24 Å². The van der Waals surface area contributed by atoms with Crippen molar-refractivity contribution in [2.45, 2.75) is 19.3 Å². The van der Waals surface area contributed by atoms with Gasteiger partial charge in [-0.3, -0.25) is 0 Å². The molecule has 1 aliphatic carbocycles. The van der Waals surface area contributed by atoms with Crippen LogP contribution in [0, 0.1) is 0 Å². The molecule has 0 amide bonds. The Morgan fingerprint density at radius 2 is 0.929 bits per heavy atom. The number of anilines is 3. The van der Waals surface area contributed by atoms with Crippen molar-refractivity contribution in [3.8, 4) is 33.4 Å². The maximum atomic E-state index is 2.47. The zero-order chi connectivity index (χ0) is 37.4. The molecule has 0 heterocycles. The predicted octanol–water partition coefficient (Wildman–Crippen LogP) is 15.4. The van der Waals surface area contributed by atoms with Crippen molar-refractivity contribution in [1.82, 2.24) is 0 Å². The van der Waals surface area contributed by atoms with Crippen LogP contribution in [0.2, 0.25) is 0 Å². The van der Waals surface area contributed by atoms with Gasteiger partial charge in [0, 0.05) is 22.4 Å². The van der Waals surface area contributed by atoms with Crippen LogP contribution in [0.5, 0.6) is 0 Å². The summed E-state index contributed by atoms with van der Waals surface area (Å²) in [6, 6.07) is 74.0. The Morgan fingerprint density at radius 3 is 1.75 bits per heavy atom. The van der Waals surface area contributed by atoms with Crippen LogP contribution in [0.25, 0.3) is 76.5 Å². The first-order chi connectivity index (χ1) is 27.5. The zero-order valence-corrected chi connectivity index (χ0v) is 31.5.